The molecule has 5 nitrogen and oxygen atoms in total. The number of aliphatic carboxylic acids is 1. The minimum atomic E-state index is -0.884. The van der Waals surface area contributed by atoms with Crippen LogP contribution in [0.4, 0.5) is 5.69 Å². The van der Waals surface area contributed by atoms with Gasteiger partial charge in [-0.2, -0.15) is 0 Å². The van der Waals surface area contributed by atoms with Gasteiger partial charge < -0.3 is 14.4 Å². The molecule has 3 rings (SSSR count). The summed E-state index contributed by atoms with van der Waals surface area (Å²) in [5.74, 6) is -0.884. The Morgan fingerprint density at radius 1 is 1.15 bits per heavy atom. The number of aryl methyl sites for hydroxylation is 1. The fraction of sp³-hybridized carbons (Fsp3) is 0.238. The van der Waals surface area contributed by atoms with Gasteiger partial charge in [-0.15, -0.1) is 0 Å². The van der Waals surface area contributed by atoms with E-state index in [2.05, 4.69) is 0 Å². The molecule has 0 aliphatic heterocycles. The van der Waals surface area contributed by atoms with Crippen molar-refractivity contribution in [1.29, 1.82) is 0 Å². The Bertz CT molecular complexity index is 1020. The second-order valence-electron chi connectivity index (χ2n) is 6.35. The lowest BCUT2D eigenvalue weighted by atomic mass is 9.97. The van der Waals surface area contributed by atoms with Gasteiger partial charge in [-0.3, -0.25) is 0 Å². The number of carboxylic acid groups (broad SMARTS) is 1. The number of carboxylic acids is 1. The molecule has 1 N–H and O–H groups in total. The normalized spacial score (nSPS) is 12.1. The van der Waals surface area contributed by atoms with Crippen LogP contribution < -0.4 is 10.5 Å². The van der Waals surface area contributed by atoms with Crippen LogP contribution in [0, 0.1) is 6.92 Å². The van der Waals surface area contributed by atoms with Crippen molar-refractivity contribution < 1.29 is 14.3 Å². The van der Waals surface area contributed by atoms with Gasteiger partial charge in [0.2, 0.25) is 0 Å². The highest BCUT2D eigenvalue weighted by molar-refractivity contribution is 5.95. The summed E-state index contributed by atoms with van der Waals surface area (Å²) in [6, 6.07) is 14.2. The molecule has 134 valence electrons. The molecule has 1 heterocycles. The first-order valence-corrected chi connectivity index (χ1v) is 8.52. The lowest BCUT2D eigenvalue weighted by molar-refractivity contribution is -0.138. The summed E-state index contributed by atoms with van der Waals surface area (Å²) in [7, 11) is 1.73. The molecule has 0 saturated carbocycles. The van der Waals surface area contributed by atoms with E-state index in [1.165, 1.54) is 6.07 Å². The fourth-order valence-electron chi connectivity index (χ4n) is 3.26. The molecular weight excluding hydrogens is 330 g/mol. The molecule has 0 saturated heterocycles. The Kier molecular flexibility index (Phi) is 4.80. The number of benzene rings is 2. The van der Waals surface area contributed by atoms with Gasteiger partial charge in [-0.05, 0) is 36.6 Å². The molecule has 1 atom stereocenters. The standard InChI is InChI=1S/C21H21NO4/c1-4-18(21(24)25)22(3)14-9-10-16-17(12-20(23)26-19(16)11-14)15-8-6-5-7-13(15)2/h5-12,18H,4H2,1-3H3,(H,24,25). The Morgan fingerprint density at radius 2 is 1.88 bits per heavy atom. The first-order valence-electron chi connectivity index (χ1n) is 8.52. The second kappa shape index (κ2) is 7.04. The number of hydrogen-bond donors (Lipinski definition) is 1. The highest BCUT2D eigenvalue weighted by Gasteiger charge is 2.21. The van der Waals surface area contributed by atoms with Crippen LogP contribution in [-0.2, 0) is 4.79 Å². The zero-order valence-electron chi connectivity index (χ0n) is 15.0. The number of hydrogen-bond acceptors (Lipinski definition) is 4. The van der Waals surface area contributed by atoms with Crippen molar-refractivity contribution in [3.05, 3.63) is 64.5 Å². The van der Waals surface area contributed by atoms with Gasteiger partial charge in [0.25, 0.3) is 0 Å². The van der Waals surface area contributed by atoms with Crippen LogP contribution in [0.5, 0.6) is 0 Å². The maximum absolute atomic E-state index is 12.1. The average molecular weight is 351 g/mol. The molecule has 0 amide bonds. The van der Waals surface area contributed by atoms with E-state index in [4.69, 9.17) is 4.42 Å². The van der Waals surface area contributed by atoms with E-state index in [1.54, 1.807) is 18.0 Å². The molecule has 5 heteroatoms. The van der Waals surface area contributed by atoms with E-state index in [9.17, 15) is 14.7 Å². The fourth-order valence-corrected chi connectivity index (χ4v) is 3.26. The predicted molar refractivity (Wildman–Crippen MR) is 103 cm³/mol. The highest BCUT2D eigenvalue weighted by atomic mass is 16.4. The van der Waals surface area contributed by atoms with E-state index in [-0.39, 0.29) is 0 Å². The van der Waals surface area contributed by atoms with Crippen molar-refractivity contribution in [2.75, 3.05) is 11.9 Å². The smallest absolute Gasteiger partial charge is 0.336 e. The van der Waals surface area contributed by atoms with Crippen LogP contribution >= 0.6 is 0 Å². The monoisotopic (exact) mass is 351 g/mol. The van der Waals surface area contributed by atoms with Gasteiger partial charge in [0.05, 0.1) is 0 Å². The lowest BCUT2D eigenvalue weighted by Crippen LogP contribution is -2.37. The summed E-state index contributed by atoms with van der Waals surface area (Å²) in [6.07, 6.45) is 0.469. The maximum atomic E-state index is 12.1. The summed E-state index contributed by atoms with van der Waals surface area (Å²) in [4.78, 5) is 25.2. The molecule has 1 unspecified atom stereocenters. The van der Waals surface area contributed by atoms with Crippen molar-refractivity contribution in [1.82, 2.24) is 0 Å². The van der Waals surface area contributed by atoms with Gasteiger partial charge in [0.15, 0.2) is 0 Å². The summed E-state index contributed by atoms with van der Waals surface area (Å²) in [6.45, 7) is 3.82. The SMILES string of the molecule is CCC(C(=O)O)N(C)c1ccc2c(-c3ccccc3C)cc(=O)oc2c1. The van der Waals surface area contributed by atoms with E-state index in [1.807, 2.05) is 50.2 Å². The lowest BCUT2D eigenvalue weighted by Gasteiger charge is -2.26. The van der Waals surface area contributed by atoms with Crippen molar-refractivity contribution in [2.45, 2.75) is 26.3 Å². The average Bonchev–Trinajstić information content (AvgIpc) is 2.61. The molecule has 3 aromatic rings. The van der Waals surface area contributed by atoms with Crippen LogP contribution in [0.2, 0.25) is 0 Å². The van der Waals surface area contributed by atoms with E-state index in [0.717, 1.165) is 22.1 Å². The summed E-state index contributed by atoms with van der Waals surface area (Å²) in [5, 5.41) is 10.2. The van der Waals surface area contributed by atoms with Crippen LogP contribution in [0.15, 0.2) is 57.7 Å². The molecule has 26 heavy (non-hydrogen) atoms. The summed E-state index contributed by atoms with van der Waals surface area (Å²) >= 11 is 0. The molecule has 2 aromatic carbocycles. The van der Waals surface area contributed by atoms with Gasteiger partial charge in [0, 0.05) is 35.8 Å². The van der Waals surface area contributed by atoms with E-state index in [0.29, 0.717) is 17.7 Å². The summed E-state index contributed by atoms with van der Waals surface area (Å²) < 4.78 is 5.40. The number of likely N-dealkylation sites (N-methyl/N-ethyl adjacent to an activating group) is 1. The van der Waals surface area contributed by atoms with Crippen molar-refractivity contribution in [3.8, 4) is 11.1 Å². The summed E-state index contributed by atoms with van der Waals surface area (Å²) in [5.41, 5.74) is 3.56. The second-order valence-corrected chi connectivity index (χ2v) is 6.35. The van der Waals surface area contributed by atoms with Crippen molar-refractivity contribution in [3.63, 3.8) is 0 Å². The Hall–Kier alpha value is -3.08. The Balaban J connectivity index is 2.17. The topological polar surface area (TPSA) is 70.8 Å². The number of nitrogens with zero attached hydrogens (tertiary/aromatic N) is 1. The largest absolute Gasteiger partial charge is 0.480 e. The molecule has 0 bridgehead atoms. The van der Waals surface area contributed by atoms with Gasteiger partial charge in [-0.1, -0.05) is 31.2 Å². The number of anilines is 1. The van der Waals surface area contributed by atoms with Crippen LogP contribution in [-0.4, -0.2) is 24.2 Å². The minimum absolute atomic E-state index is 0.430. The zero-order valence-corrected chi connectivity index (χ0v) is 15.0. The van der Waals surface area contributed by atoms with E-state index < -0.39 is 17.6 Å². The number of rotatable bonds is 5. The highest BCUT2D eigenvalue weighted by Crippen LogP contribution is 2.32. The van der Waals surface area contributed by atoms with Crippen LogP contribution in [0.25, 0.3) is 22.1 Å². The molecular formula is C21H21NO4. The molecule has 1 aromatic heterocycles. The quantitative estimate of drug-likeness (QED) is 0.702. The minimum Gasteiger partial charge on any atom is -0.480 e. The third-order valence-corrected chi connectivity index (χ3v) is 4.71. The van der Waals surface area contributed by atoms with Crippen LogP contribution in [0.1, 0.15) is 18.9 Å². The molecule has 0 fully saturated rings. The number of carbonyl (C=O) groups is 1. The van der Waals surface area contributed by atoms with Crippen molar-refractivity contribution >= 4 is 22.6 Å². The number of fused-ring (bicyclic) bond motifs is 1. The molecule has 0 radical (unpaired) electrons. The van der Waals surface area contributed by atoms with E-state index >= 15 is 0 Å². The third kappa shape index (κ3) is 3.20. The van der Waals surface area contributed by atoms with Gasteiger partial charge in [-0.25, -0.2) is 9.59 Å². The zero-order chi connectivity index (χ0) is 18.8. The first kappa shape index (κ1) is 17.7. The third-order valence-electron chi connectivity index (χ3n) is 4.71. The molecule has 0 aliphatic rings. The first-order chi connectivity index (χ1) is 12.4. The molecule has 0 aliphatic carbocycles. The van der Waals surface area contributed by atoms with Gasteiger partial charge in [0.1, 0.15) is 11.6 Å². The van der Waals surface area contributed by atoms with Gasteiger partial charge >= 0.3 is 11.6 Å². The van der Waals surface area contributed by atoms with Crippen molar-refractivity contribution in [2.24, 2.45) is 0 Å². The Labute approximate surface area is 151 Å². The molecule has 0 spiro atoms. The maximum Gasteiger partial charge on any atom is 0.336 e. The van der Waals surface area contributed by atoms with Crippen LogP contribution in [0.3, 0.4) is 0 Å². The Morgan fingerprint density at radius 3 is 2.54 bits per heavy atom. The predicted octanol–water partition coefficient (Wildman–Crippen LogP) is 4.07.